The van der Waals surface area contributed by atoms with Crippen molar-refractivity contribution in [3.63, 3.8) is 0 Å². The molecule has 0 amide bonds. The third-order valence-corrected chi connectivity index (χ3v) is 3.00. The average molecular weight is 218 g/mol. The van der Waals surface area contributed by atoms with Crippen LogP contribution in [0.15, 0.2) is 36.1 Å². The number of fused-ring (bicyclic) bond motifs is 1. The van der Waals surface area contributed by atoms with E-state index in [0.29, 0.717) is 5.76 Å². The van der Waals surface area contributed by atoms with E-state index in [1.807, 2.05) is 30.3 Å². The molecule has 0 heterocycles. The standard InChI is InChI=1S/C13H14O3/c1-15-12-8-7-10-5-3-4-6-11(10)13(12,9-14)16-2/h3-6,8-9H,7H2,1-2H3. The molecule has 1 aromatic carbocycles. The lowest BCUT2D eigenvalue weighted by molar-refractivity contribution is -0.128. The Kier molecular flexibility index (Phi) is 2.79. The molecule has 0 bridgehead atoms. The van der Waals surface area contributed by atoms with Crippen molar-refractivity contribution in [2.24, 2.45) is 0 Å². The van der Waals surface area contributed by atoms with Gasteiger partial charge in [0.1, 0.15) is 5.76 Å². The molecule has 0 saturated carbocycles. The van der Waals surface area contributed by atoms with Crippen LogP contribution in [0.5, 0.6) is 0 Å². The van der Waals surface area contributed by atoms with E-state index in [4.69, 9.17) is 9.47 Å². The van der Waals surface area contributed by atoms with Crippen LogP contribution in [-0.2, 0) is 26.3 Å². The van der Waals surface area contributed by atoms with Gasteiger partial charge in [-0.2, -0.15) is 0 Å². The minimum absolute atomic E-state index is 0.559. The minimum Gasteiger partial charge on any atom is -0.497 e. The molecule has 1 aliphatic carbocycles. The van der Waals surface area contributed by atoms with Crippen molar-refractivity contribution in [2.75, 3.05) is 14.2 Å². The number of methoxy groups -OCH3 is 2. The molecule has 0 radical (unpaired) electrons. The first-order chi connectivity index (χ1) is 7.78. The van der Waals surface area contributed by atoms with Crippen LogP contribution in [0.25, 0.3) is 0 Å². The van der Waals surface area contributed by atoms with Crippen LogP contribution in [0.3, 0.4) is 0 Å². The molecule has 0 fully saturated rings. The van der Waals surface area contributed by atoms with E-state index in [-0.39, 0.29) is 0 Å². The zero-order chi connectivity index (χ0) is 11.6. The highest BCUT2D eigenvalue weighted by Gasteiger charge is 2.41. The van der Waals surface area contributed by atoms with E-state index in [0.717, 1.165) is 23.8 Å². The summed E-state index contributed by atoms with van der Waals surface area (Å²) in [5.41, 5.74) is 0.882. The second-order valence-corrected chi connectivity index (χ2v) is 3.69. The Morgan fingerprint density at radius 1 is 1.31 bits per heavy atom. The van der Waals surface area contributed by atoms with Crippen molar-refractivity contribution in [3.05, 3.63) is 47.2 Å². The van der Waals surface area contributed by atoms with Crippen molar-refractivity contribution in [2.45, 2.75) is 12.0 Å². The van der Waals surface area contributed by atoms with Gasteiger partial charge in [0.05, 0.1) is 7.11 Å². The van der Waals surface area contributed by atoms with Gasteiger partial charge in [-0.25, -0.2) is 0 Å². The minimum atomic E-state index is -1.08. The topological polar surface area (TPSA) is 35.5 Å². The number of benzene rings is 1. The fourth-order valence-corrected chi connectivity index (χ4v) is 2.16. The molecule has 3 heteroatoms. The SMILES string of the molecule is COC1=CCc2ccccc2C1(C=O)OC. The molecular formula is C13H14O3. The van der Waals surface area contributed by atoms with Gasteiger partial charge in [-0.05, 0) is 18.1 Å². The van der Waals surface area contributed by atoms with Gasteiger partial charge in [0, 0.05) is 12.7 Å². The predicted molar refractivity (Wildman–Crippen MR) is 60.0 cm³/mol. The van der Waals surface area contributed by atoms with E-state index >= 15 is 0 Å². The Morgan fingerprint density at radius 3 is 2.69 bits per heavy atom. The third-order valence-electron chi connectivity index (χ3n) is 3.00. The molecule has 0 aromatic heterocycles. The van der Waals surface area contributed by atoms with Gasteiger partial charge in [-0.1, -0.05) is 24.3 Å². The first kappa shape index (κ1) is 10.9. The average Bonchev–Trinajstić information content (AvgIpc) is 2.37. The summed E-state index contributed by atoms with van der Waals surface area (Å²) in [5.74, 6) is 0.559. The summed E-state index contributed by atoms with van der Waals surface area (Å²) in [7, 11) is 3.07. The lowest BCUT2D eigenvalue weighted by Gasteiger charge is -2.33. The number of carbonyl (C=O) groups is 1. The zero-order valence-corrected chi connectivity index (χ0v) is 9.40. The maximum absolute atomic E-state index is 11.4. The summed E-state index contributed by atoms with van der Waals surface area (Å²) in [5, 5.41) is 0. The van der Waals surface area contributed by atoms with Crippen LogP contribution in [0.2, 0.25) is 0 Å². The van der Waals surface area contributed by atoms with Crippen LogP contribution in [0, 0.1) is 0 Å². The predicted octanol–water partition coefficient (Wildman–Crippen LogP) is 1.81. The molecule has 1 atom stereocenters. The van der Waals surface area contributed by atoms with Crippen molar-refractivity contribution in [1.29, 1.82) is 0 Å². The number of carbonyl (C=O) groups excluding carboxylic acids is 1. The maximum atomic E-state index is 11.4. The number of ether oxygens (including phenoxy) is 2. The molecule has 0 saturated heterocycles. The highest BCUT2D eigenvalue weighted by Crippen LogP contribution is 2.37. The van der Waals surface area contributed by atoms with Gasteiger partial charge in [0.2, 0.25) is 5.60 Å². The van der Waals surface area contributed by atoms with Gasteiger partial charge in [0.15, 0.2) is 6.29 Å². The highest BCUT2D eigenvalue weighted by molar-refractivity contribution is 5.73. The number of allylic oxidation sites excluding steroid dienone is 1. The van der Waals surface area contributed by atoms with Crippen LogP contribution in [0.1, 0.15) is 11.1 Å². The molecule has 2 rings (SSSR count). The summed E-state index contributed by atoms with van der Waals surface area (Å²) in [6, 6.07) is 7.75. The first-order valence-electron chi connectivity index (χ1n) is 5.13. The summed E-state index contributed by atoms with van der Waals surface area (Å²) in [4.78, 5) is 11.4. The van der Waals surface area contributed by atoms with Crippen molar-refractivity contribution < 1.29 is 14.3 Å². The summed E-state index contributed by atoms with van der Waals surface area (Å²) in [6.07, 6.45) is 3.44. The molecule has 1 aromatic rings. The van der Waals surface area contributed by atoms with Crippen LogP contribution < -0.4 is 0 Å². The molecule has 84 valence electrons. The fraction of sp³-hybridized carbons (Fsp3) is 0.308. The van der Waals surface area contributed by atoms with Gasteiger partial charge >= 0.3 is 0 Å². The highest BCUT2D eigenvalue weighted by atomic mass is 16.5. The van der Waals surface area contributed by atoms with Crippen LogP contribution >= 0.6 is 0 Å². The fourth-order valence-electron chi connectivity index (χ4n) is 2.16. The number of hydrogen-bond acceptors (Lipinski definition) is 3. The van der Waals surface area contributed by atoms with E-state index in [2.05, 4.69) is 0 Å². The Hall–Kier alpha value is -1.61. The summed E-state index contributed by atoms with van der Waals surface area (Å²) < 4.78 is 10.6. The largest absolute Gasteiger partial charge is 0.497 e. The normalized spacial score (nSPS) is 23.2. The first-order valence-corrected chi connectivity index (χ1v) is 5.13. The van der Waals surface area contributed by atoms with Crippen molar-refractivity contribution in [3.8, 4) is 0 Å². The number of hydrogen-bond donors (Lipinski definition) is 0. The lowest BCUT2D eigenvalue weighted by atomic mass is 9.83. The Bertz CT molecular complexity index is 437. The lowest BCUT2D eigenvalue weighted by Crippen LogP contribution is -2.36. The Morgan fingerprint density at radius 2 is 2.06 bits per heavy atom. The quantitative estimate of drug-likeness (QED) is 0.726. The van der Waals surface area contributed by atoms with E-state index in [1.54, 1.807) is 7.11 Å². The molecule has 1 unspecified atom stereocenters. The van der Waals surface area contributed by atoms with Crippen molar-refractivity contribution in [1.82, 2.24) is 0 Å². The number of rotatable bonds is 3. The molecule has 1 aliphatic rings. The van der Waals surface area contributed by atoms with Gasteiger partial charge < -0.3 is 9.47 Å². The van der Waals surface area contributed by atoms with E-state index in [9.17, 15) is 4.79 Å². The monoisotopic (exact) mass is 218 g/mol. The number of aldehydes is 1. The summed E-state index contributed by atoms with van der Waals surface area (Å²) in [6.45, 7) is 0. The second-order valence-electron chi connectivity index (χ2n) is 3.69. The molecule has 3 nitrogen and oxygen atoms in total. The maximum Gasteiger partial charge on any atom is 0.204 e. The molecule has 0 aliphatic heterocycles. The van der Waals surface area contributed by atoms with Crippen molar-refractivity contribution >= 4 is 6.29 Å². The van der Waals surface area contributed by atoms with Gasteiger partial charge in [-0.15, -0.1) is 0 Å². The second kappa shape index (κ2) is 4.10. The van der Waals surface area contributed by atoms with Gasteiger partial charge in [0.25, 0.3) is 0 Å². The van der Waals surface area contributed by atoms with Crippen LogP contribution in [0.4, 0.5) is 0 Å². The third kappa shape index (κ3) is 1.36. The Balaban J connectivity index is 2.63. The van der Waals surface area contributed by atoms with E-state index in [1.165, 1.54) is 7.11 Å². The van der Waals surface area contributed by atoms with Crippen LogP contribution in [-0.4, -0.2) is 20.5 Å². The van der Waals surface area contributed by atoms with Gasteiger partial charge in [-0.3, -0.25) is 4.79 Å². The molecule has 0 N–H and O–H groups in total. The molecular weight excluding hydrogens is 204 g/mol. The Labute approximate surface area is 94.7 Å². The summed E-state index contributed by atoms with van der Waals surface area (Å²) >= 11 is 0. The molecule has 16 heavy (non-hydrogen) atoms. The van der Waals surface area contributed by atoms with E-state index < -0.39 is 5.60 Å². The zero-order valence-electron chi connectivity index (χ0n) is 9.40. The smallest absolute Gasteiger partial charge is 0.204 e. The molecule has 0 spiro atoms.